The fourth-order valence-corrected chi connectivity index (χ4v) is 1.75. The molecule has 2 N–H and O–H groups in total. The molecule has 0 saturated carbocycles. The van der Waals surface area contributed by atoms with E-state index < -0.39 is 0 Å². The fourth-order valence-electron chi connectivity index (χ4n) is 1.75. The molecule has 0 bridgehead atoms. The van der Waals surface area contributed by atoms with Crippen molar-refractivity contribution in [1.29, 1.82) is 0 Å². The lowest BCUT2D eigenvalue weighted by Crippen LogP contribution is -2.24. The molecule has 0 unspecified atom stereocenters. The van der Waals surface area contributed by atoms with Gasteiger partial charge in [0.05, 0.1) is 6.61 Å². The molecule has 17 heavy (non-hydrogen) atoms. The van der Waals surface area contributed by atoms with Gasteiger partial charge in [-0.15, -0.1) is 0 Å². The third-order valence-electron chi connectivity index (χ3n) is 2.67. The number of nitrogen functional groups attached to an aromatic ring is 1. The SMILES string of the molecule is Nc1ccc(OCCO[C@@H]2CCCCO2)cc1. The number of hydrogen-bond donors (Lipinski definition) is 1. The molecule has 1 saturated heterocycles. The molecule has 1 heterocycles. The van der Waals surface area contributed by atoms with Crippen LogP contribution in [0.5, 0.6) is 5.75 Å². The molecule has 0 amide bonds. The van der Waals surface area contributed by atoms with Crippen molar-refractivity contribution in [3.63, 3.8) is 0 Å². The zero-order chi connectivity index (χ0) is 11.9. The average Bonchev–Trinajstić information content (AvgIpc) is 2.38. The van der Waals surface area contributed by atoms with Gasteiger partial charge in [-0.3, -0.25) is 0 Å². The van der Waals surface area contributed by atoms with Gasteiger partial charge in [0.1, 0.15) is 12.4 Å². The molecule has 1 aliphatic rings. The second-order valence-electron chi connectivity index (χ2n) is 4.08. The van der Waals surface area contributed by atoms with E-state index in [2.05, 4.69) is 0 Å². The molecule has 94 valence electrons. The van der Waals surface area contributed by atoms with Crippen LogP contribution in [0.1, 0.15) is 19.3 Å². The van der Waals surface area contributed by atoms with Crippen LogP contribution in [0, 0.1) is 0 Å². The van der Waals surface area contributed by atoms with E-state index in [0.717, 1.165) is 30.9 Å². The van der Waals surface area contributed by atoms with E-state index in [-0.39, 0.29) is 6.29 Å². The van der Waals surface area contributed by atoms with Crippen molar-refractivity contribution in [2.45, 2.75) is 25.6 Å². The van der Waals surface area contributed by atoms with E-state index in [4.69, 9.17) is 19.9 Å². The van der Waals surface area contributed by atoms with Crippen LogP contribution < -0.4 is 10.5 Å². The number of anilines is 1. The Kier molecular flexibility index (Phi) is 4.64. The summed E-state index contributed by atoms with van der Waals surface area (Å²) in [6, 6.07) is 7.35. The quantitative estimate of drug-likeness (QED) is 0.630. The van der Waals surface area contributed by atoms with Crippen molar-refractivity contribution < 1.29 is 14.2 Å². The van der Waals surface area contributed by atoms with Crippen LogP contribution in [0.4, 0.5) is 5.69 Å². The van der Waals surface area contributed by atoms with Gasteiger partial charge in [0.25, 0.3) is 0 Å². The second-order valence-corrected chi connectivity index (χ2v) is 4.08. The van der Waals surface area contributed by atoms with Gasteiger partial charge in [-0.05, 0) is 43.5 Å². The molecule has 0 spiro atoms. The van der Waals surface area contributed by atoms with E-state index >= 15 is 0 Å². The van der Waals surface area contributed by atoms with Crippen LogP contribution in [-0.4, -0.2) is 26.1 Å². The summed E-state index contributed by atoms with van der Waals surface area (Å²) in [6.07, 6.45) is 3.27. The van der Waals surface area contributed by atoms with Gasteiger partial charge < -0.3 is 19.9 Å². The van der Waals surface area contributed by atoms with Crippen molar-refractivity contribution in [2.24, 2.45) is 0 Å². The van der Waals surface area contributed by atoms with Crippen molar-refractivity contribution in [3.05, 3.63) is 24.3 Å². The molecule has 1 aromatic rings. The Morgan fingerprint density at radius 3 is 2.71 bits per heavy atom. The summed E-state index contributed by atoms with van der Waals surface area (Å²) >= 11 is 0. The highest BCUT2D eigenvalue weighted by atomic mass is 16.7. The summed E-state index contributed by atoms with van der Waals surface area (Å²) in [7, 11) is 0. The fraction of sp³-hybridized carbons (Fsp3) is 0.538. The van der Waals surface area contributed by atoms with E-state index in [1.165, 1.54) is 6.42 Å². The topological polar surface area (TPSA) is 53.7 Å². The number of benzene rings is 1. The largest absolute Gasteiger partial charge is 0.491 e. The minimum Gasteiger partial charge on any atom is -0.491 e. The summed E-state index contributed by atoms with van der Waals surface area (Å²) in [6.45, 7) is 1.89. The molecule has 2 rings (SSSR count). The highest BCUT2D eigenvalue weighted by Gasteiger charge is 2.13. The number of rotatable bonds is 5. The monoisotopic (exact) mass is 237 g/mol. The Bertz CT molecular complexity index is 320. The molecule has 0 radical (unpaired) electrons. The van der Waals surface area contributed by atoms with E-state index in [9.17, 15) is 0 Å². The smallest absolute Gasteiger partial charge is 0.157 e. The standard InChI is InChI=1S/C13H19NO3/c14-11-4-6-12(7-5-11)15-9-10-17-13-3-1-2-8-16-13/h4-7,13H,1-3,8-10,14H2/t13-/m1/s1. The molecule has 0 aromatic heterocycles. The van der Waals surface area contributed by atoms with E-state index in [1.54, 1.807) is 0 Å². The third-order valence-corrected chi connectivity index (χ3v) is 2.67. The molecule has 1 atom stereocenters. The maximum atomic E-state index is 5.58. The highest BCUT2D eigenvalue weighted by molar-refractivity contribution is 5.41. The lowest BCUT2D eigenvalue weighted by molar-refractivity contribution is -0.165. The summed E-state index contributed by atoms with van der Waals surface area (Å²) in [5, 5.41) is 0. The van der Waals surface area contributed by atoms with Crippen molar-refractivity contribution >= 4 is 5.69 Å². The minimum absolute atomic E-state index is 0.0428. The first kappa shape index (κ1) is 12.2. The molecule has 0 aliphatic carbocycles. The van der Waals surface area contributed by atoms with Gasteiger partial charge in [-0.1, -0.05) is 0 Å². The van der Waals surface area contributed by atoms with Gasteiger partial charge in [0.2, 0.25) is 0 Å². The van der Waals surface area contributed by atoms with Crippen LogP contribution in [0.25, 0.3) is 0 Å². The molecular formula is C13H19NO3. The Morgan fingerprint density at radius 1 is 1.18 bits per heavy atom. The normalized spacial score (nSPS) is 20.1. The van der Waals surface area contributed by atoms with Crippen LogP contribution >= 0.6 is 0 Å². The molecule has 1 aromatic carbocycles. The molecule has 4 nitrogen and oxygen atoms in total. The predicted octanol–water partition coefficient (Wildman–Crippen LogP) is 2.19. The van der Waals surface area contributed by atoms with Crippen molar-refractivity contribution in [2.75, 3.05) is 25.6 Å². The van der Waals surface area contributed by atoms with Gasteiger partial charge in [0, 0.05) is 12.3 Å². The van der Waals surface area contributed by atoms with Gasteiger partial charge in [-0.25, -0.2) is 0 Å². The van der Waals surface area contributed by atoms with Crippen LogP contribution in [0.15, 0.2) is 24.3 Å². The minimum atomic E-state index is -0.0428. The number of ether oxygens (including phenoxy) is 3. The van der Waals surface area contributed by atoms with Gasteiger partial charge in [0.15, 0.2) is 6.29 Å². The number of hydrogen-bond acceptors (Lipinski definition) is 4. The van der Waals surface area contributed by atoms with Crippen molar-refractivity contribution in [3.8, 4) is 5.75 Å². The van der Waals surface area contributed by atoms with Crippen LogP contribution in [0.2, 0.25) is 0 Å². The zero-order valence-corrected chi connectivity index (χ0v) is 9.93. The summed E-state index contributed by atoms with van der Waals surface area (Å²) in [5.74, 6) is 0.812. The molecular weight excluding hydrogens is 218 g/mol. The first-order valence-electron chi connectivity index (χ1n) is 6.06. The predicted molar refractivity (Wildman–Crippen MR) is 65.9 cm³/mol. The average molecular weight is 237 g/mol. The highest BCUT2D eigenvalue weighted by Crippen LogP contribution is 2.15. The maximum Gasteiger partial charge on any atom is 0.157 e. The van der Waals surface area contributed by atoms with E-state index in [0.29, 0.717) is 13.2 Å². The third kappa shape index (κ3) is 4.24. The van der Waals surface area contributed by atoms with E-state index in [1.807, 2.05) is 24.3 Å². The summed E-state index contributed by atoms with van der Waals surface area (Å²) < 4.78 is 16.5. The molecule has 1 aliphatic heterocycles. The lowest BCUT2D eigenvalue weighted by Gasteiger charge is -2.22. The zero-order valence-electron chi connectivity index (χ0n) is 9.93. The maximum absolute atomic E-state index is 5.58. The van der Waals surface area contributed by atoms with Crippen LogP contribution in [0.3, 0.4) is 0 Å². The van der Waals surface area contributed by atoms with Gasteiger partial charge >= 0.3 is 0 Å². The lowest BCUT2D eigenvalue weighted by atomic mass is 10.2. The summed E-state index contributed by atoms with van der Waals surface area (Å²) in [5.41, 5.74) is 6.32. The molecule has 4 heteroatoms. The first-order chi connectivity index (χ1) is 8.34. The van der Waals surface area contributed by atoms with Crippen LogP contribution in [-0.2, 0) is 9.47 Å². The van der Waals surface area contributed by atoms with Crippen molar-refractivity contribution in [1.82, 2.24) is 0 Å². The second kappa shape index (κ2) is 6.47. The Hall–Kier alpha value is -1.26. The Morgan fingerprint density at radius 2 is 2.00 bits per heavy atom. The first-order valence-corrected chi connectivity index (χ1v) is 6.06. The Labute approximate surface area is 102 Å². The molecule has 1 fully saturated rings. The summed E-state index contributed by atoms with van der Waals surface area (Å²) in [4.78, 5) is 0. The number of nitrogens with two attached hydrogens (primary N) is 1. The van der Waals surface area contributed by atoms with Gasteiger partial charge in [-0.2, -0.15) is 0 Å². The Balaban J connectivity index is 1.60.